The fourth-order valence-electron chi connectivity index (χ4n) is 2.31. The largest absolute Gasteiger partial charge is 0.316 e. The molecule has 1 rings (SSSR count). The van der Waals surface area contributed by atoms with Crippen LogP contribution in [0.3, 0.4) is 0 Å². The molecule has 0 fully saturated rings. The van der Waals surface area contributed by atoms with E-state index in [2.05, 4.69) is 71.2 Å². The van der Waals surface area contributed by atoms with Gasteiger partial charge in [0, 0.05) is 6.04 Å². The predicted octanol–water partition coefficient (Wildman–Crippen LogP) is 4.23. The van der Waals surface area contributed by atoms with Gasteiger partial charge in [0.05, 0.1) is 0 Å². The Morgan fingerprint density at radius 3 is 1.89 bits per heavy atom. The normalized spacial score (nSPS) is 15.1. The van der Waals surface area contributed by atoms with Crippen LogP contribution in [0.25, 0.3) is 0 Å². The van der Waals surface area contributed by atoms with Gasteiger partial charge in [-0.05, 0) is 42.3 Å². The van der Waals surface area contributed by atoms with Gasteiger partial charge in [0.25, 0.3) is 0 Å². The van der Waals surface area contributed by atoms with Crippen LogP contribution in [-0.4, -0.2) is 13.1 Å². The third-order valence-electron chi connectivity index (χ3n) is 4.16. The molecule has 1 aromatic rings. The van der Waals surface area contributed by atoms with Crippen molar-refractivity contribution in [2.24, 2.45) is 11.8 Å². The van der Waals surface area contributed by atoms with Crippen LogP contribution in [0, 0.1) is 11.8 Å². The number of hydrogen-bond acceptors (Lipinski definition) is 1. The molecule has 2 atom stereocenters. The Kier molecular flexibility index (Phi) is 5.87. The molecule has 0 saturated heterocycles. The molecule has 0 amide bonds. The average molecular weight is 247 g/mol. The molecule has 1 aromatic carbocycles. The van der Waals surface area contributed by atoms with E-state index >= 15 is 0 Å². The number of benzene rings is 1. The summed E-state index contributed by atoms with van der Waals surface area (Å²) in [4.78, 5) is 0. The van der Waals surface area contributed by atoms with Gasteiger partial charge in [-0.15, -0.1) is 0 Å². The maximum Gasteiger partial charge on any atom is 0.0132 e. The van der Waals surface area contributed by atoms with Crippen LogP contribution in [0.5, 0.6) is 0 Å². The van der Waals surface area contributed by atoms with E-state index in [1.165, 1.54) is 11.1 Å². The third kappa shape index (κ3) is 4.13. The van der Waals surface area contributed by atoms with Crippen LogP contribution < -0.4 is 5.32 Å². The Labute approximate surface area is 113 Å². The summed E-state index contributed by atoms with van der Waals surface area (Å²) in [6.07, 6.45) is 1.12. The summed E-state index contributed by atoms with van der Waals surface area (Å²) in [6.45, 7) is 11.4. The second-order valence-electron chi connectivity index (χ2n) is 6.10. The van der Waals surface area contributed by atoms with Crippen molar-refractivity contribution in [3.05, 3.63) is 35.4 Å². The van der Waals surface area contributed by atoms with E-state index in [0.717, 1.165) is 12.3 Å². The van der Waals surface area contributed by atoms with E-state index < -0.39 is 0 Å². The zero-order valence-corrected chi connectivity index (χ0v) is 12.8. The molecular formula is C17H29N. The first-order chi connectivity index (χ1) is 8.45. The van der Waals surface area contributed by atoms with Gasteiger partial charge in [0.1, 0.15) is 0 Å². The summed E-state index contributed by atoms with van der Waals surface area (Å²) in [5.74, 6) is 2.03. The van der Waals surface area contributed by atoms with Crippen molar-refractivity contribution in [1.29, 1.82) is 0 Å². The van der Waals surface area contributed by atoms with Gasteiger partial charge < -0.3 is 5.32 Å². The Hall–Kier alpha value is -0.820. The fraction of sp³-hybridized carbons (Fsp3) is 0.647. The highest BCUT2D eigenvalue weighted by Crippen LogP contribution is 2.20. The number of hydrogen-bond donors (Lipinski definition) is 1. The Morgan fingerprint density at radius 2 is 1.50 bits per heavy atom. The van der Waals surface area contributed by atoms with E-state index in [4.69, 9.17) is 0 Å². The minimum Gasteiger partial charge on any atom is -0.316 e. The quantitative estimate of drug-likeness (QED) is 0.793. The lowest BCUT2D eigenvalue weighted by molar-refractivity contribution is 0.310. The first-order valence-electron chi connectivity index (χ1n) is 7.21. The molecule has 0 aliphatic heterocycles. The lowest BCUT2D eigenvalue weighted by atomic mass is 9.86. The topological polar surface area (TPSA) is 12.0 Å². The summed E-state index contributed by atoms with van der Waals surface area (Å²) in [7, 11) is 2.08. The number of rotatable bonds is 6. The highest BCUT2D eigenvalue weighted by molar-refractivity contribution is 5.25. The minimum absolute atomic E-state index is 0.565. The molecule has 18 heavy (non-hydrogen) atoms. The molecule has 0 heterocycles. The van der Waals surface area contributed by atoms with E-state index in [1.807, 2.05) is 0 Å². The van der Waals surface area contributed by atoms with Crippen molar-refractivity contribution in [3.8, 4) is 0 Å². The first kappa shape index (κ1) is 15.2. The molecule has 1 nitrogen and oxygen atoms in total. The first-order valence-corrected chi connectivity index (χ1v) is 7.21. The van der Waals surface area contributed by atoms with E-state index in [1.54, 1.807) is 0 Å². The summed E-state index contributed by atoms with van der Waals surface area (Å²) in [6, 6.07) is 9.67. The van der Waals surface area contributed by atoms with Crippen molar-refractivity contribution in [3.63, 3.8) is 0 Å². The molecular weight excluding hydrogens is 218 g/mol. The molecule has 0 spiro atoms. The van der Waals surface area contributed by atoms with Gasteiger partial charge in [-0.1, -0.05) is 58.9 Å². The monoisotopic (exact) mass is 247 g/mol. The van der Waals surface area contributed by atoms with Crippen molar-refractivity contribution in [2.45, 2.75) is 53.0 Å². The highest BCUT2D eigenvalue weighted by atomic mass is 14.9. The molecule has 0 saturated carbocycles. The molecule has 0 radical (unpaired) electrons. The average Bonchev–Trinajstić information content (AvgIpc) is 2.35. The SMILES string of the molecule is CNC(Cc1ccc(C(C)C)cc1)C(C)C(C)C. The lowest BCUT2D eigenvalue weighted by Crippen LogP contribution is -2.36. The maximum atomic E-state index is 3.47. The zero-order chi connectivity index (χ0) is 13.7. The van der Waals surface area contributed by atoms with Gasteiger partial charge in [-0.3, -0.25) is 0 Å². The third-order valence-corrected chi connectivity index (χ3v) is 4.16. The predicted molar refractivity (Wildman–Crippen MR) is 81.1 cm³/mol. The van der Waals surface area contributed by atoms with Crippen LogP contribution in [0.2, 0.25) is 0 Å². The Morgan fingerprint density at radius 1 is 0.944 bits per heavy atom. The summed E-state index contributed by atoms with van der Waals surface area (Å²) >= 11 is 0. The number of nitrogens with one attached hydrogen (secondary N) is 1. The molecule has 1 N–H and O–H groups in total. The molecule has 102 valence electrons. The second kappa shape index (κ2) is 6.94. The smallest absolute Gasteiger partial charge is 0.0132 e. The molecule has 0 aliphatic carbocycles. The van der Waals surface area contributed by atoms with Gasteiger partial charge in [-0.2, -0.15) is 0 Å². The summed E-state index contributed by atoms with van der Waals surface area (Å²) in [5, 5.41) is 3.47. The highest BCUT2D eigenvalue weighted by Gasteiger charge is 2.18. The molecule has 0 aliphatic rings. The van der Waals surface area contributed by atoms with Crippen molar-refractivity contribution in [2.75, 3.05) is 7.05 Å². The van der Waals surface area contributed by atoms with Gasteiger partial charge in [0.2, 0.25) is 0 Å². The van der Waals surface area contributed by atoms with Gasteiger partial charge >= 0.3 is 0 Å². The molecule has 0 aromatic heterocycles. The van der Waals surface area contributed by atoms with Crippen LogP contribution in [0.15, 0.2) is 24.3 Å². The van der Waals surface area contributed by atoms with Gasteiger partial charge in [-0.25, -0.2) is 0 Å². The number of likely N-dealkylation sites (N-methyl/N-ethyl adjacent to an activating group) is 1. The Balaban J connectivity index is 2.70. The molecule has 0 bridgehead atoms. The van der Waals surface area contributed by atoms with Crippen molar-refractivity contribution < 1.29 is 0 Å². The molecule has 1 heteroatoms. The van der Waals surface area contributed by atoms with Crippen molar-refractivity contribution >= 4 is 0 Å². The summed E-state index contributed by atoms with van der Waals surface area (Å²) < 4.78 is 0. The van der Waals surface area contributed by atoms with E-state index in [9.17, 15) is 0 Å². The molecule has 2 unspecified atom stereocenters. The van der Waals surface area contributed by atoms with E-state index in [0.29, 0.717) is 17.9 Å². The van der Waals surface area contributed by atoms with Gasteiger partial charge in [0.15, 0.2) is 0 Å². The van der Waals surface area contributed by atoms with Crippen LogP contribution in [-0.2, 0) is 6.42 Å². The zero-order valence-electron chi connectivity index (χ0n) is 12.8. The minimum atomic E-state index is 0.565. The fourth-order valence-corrected chi connectivity index (χ4v) is 2.31. The van der Waals surface area contributed by atoms with Crippen LogP contribution in [0.1, 0.15) is 51.7 Å². The lowest BCUT2D eigenvalue weighted by Gasteiger charge is -2.27. The second-order valence-corrected chi connectivity index (χ2v) is 6.10. The standard InChI is InChI=1S/C17H29N/c1-12(2)14(5)17(18-6)11-15-7-9-16(10-8-15)13(3)4/h7-10,12-14,17-18H,11H2,1-6H3. The van der Waals surface area contributed by atoms with Crippen LogP contribution >= 0.6 is 0 Å². The van der Waals surface area contributed by atoms with Crippen molar-refractivity contribution in [1.82, 2.24) is 5.32 Å². The Bertz CT molecular complexity index is 337. The summed E-state index contributed by atoms with van der Waals surface area (Å²) in [5.41, 5.74) is 2.86. The van der Waals surface area contributed by atoms with Crippen LogP contribution in [0.4, 0.5) is 0 Å². The van der Waals surface area contributed by atoms with E-state index in [-0.39, 0.29) is 0 Å². The maximum absolute atomic E-state index is 3.47.